The van der Waals surface area contributed by atoms with Crippen molar-refractivity contribution in [2.45, 2.75) is 25.8 Å². The van der Waals surface area contributed by atoms with Gasteiger partial charge in [0.25, 0.3) is 0 Å². The van der Waals surface area contributed by atoms with Crippen LogP contribution in [-0.2, 0) is 9.53 Å². The normalized spacial score (nSPS) is 17.8. The van der Waals surface area contributed by atoms with Crippen LogP contribution in [0.4, 0.5) is 0 Å². The summed E-state index contributed by atoms with van der Waals surface area (Å²) in [5.74, 6) is 0.0682. The Kier molecular flexibility index (Phi) is 5.50. The van der Waals surface area contributed by atoms with Gasteiger partial charge in [0, 0.05) is 19.5 Å². The van der Waals surface area contributed by atoms with Crippen LogP contribution in [0.2, 0.25) is 0 Å². The van der Waals surface area contributed by atoms with Crippen LogP contribution in [0.5, 0.6) is 0 Å². The number of carbonyl (C=O) groups excluding carboxylic acids is 1. The highest BCUT2D eigenvalue weighted by molar-refractivity contribution is 5.83. The Balaban J connectivity index is 1.80. The molecule has 1 atom stereocenters. The van der Waals surface area contributed by atoms with E-state index in [1.807, 2.05) is 48.1 Å². The van der Waals surface area contributed by atoms with Crippen molar-refractivity contribution >= 4 is 5.91 Å². The first-order valence-corrected chi connectivity index (χ1v) is 8.76. The van der Waals surface area contributed by atoms with Crippen molar-refractivity contribution in [2.24, 2.45) is 5.41 Å². The van der Waals surface area contributed by atoms with Crippen LogP contribution in [0, 0.1) is 5.41 Å². The summed E-state index contributed by atoms with van der Waals surface area (Å²) in [6.07, 6.45) is 5.25. The van der Waals surface area contributed by atoms with Gasteiger partial charge in [-0.25, -0.2) is 4.68 Å². The molecule has 134 valence electrons. The van der Waals surface area contributed by atoms with Gasteiger partial charge in [0.05, 0.1) is 23.8 Å². The highest BCUT2D eigenvalue weighted by Gasteiger charge is 2.40. The van der Waals surface area contributed by atoms with E-state index < -0.39 is 5.41 Å². The van der Waals surface area contributed by atoms with Crippen LogP contribution >= 0.6 is 0 Å². The summed E-state index contributed by atoms with van der Waals surface area (Å²) >= 11 is 0. The molecular formula is C19H26N4O2. The molecule has 2 aromatic rings. The van der Waals surface area contributed by atoms with Crippen LogP contribution in [0.15, 0.2) is 42.7 Å². The van der Waals surface area contributed by atoms with E-state index in [0.717, 1.165) is 37.2 Å². The van der Waals surface area contributed by atoms with Gasteiger partial charge >= 0.3 is 0 Å². The molecule has 0 bridgehead atoms. The summed E-state index contributed by atoms with van der Waals surface area (Å²) in [6, 6.07) is 9.79. The fraction of sp³-hybridized carbons (Fsp3) is 0.474. The van der Waals surface area contributed by atoms with Crippen LogP contribution in [0.1, 0.15) is 31.4 Å². The molecule has 1 unspecified atom stereocenters. The minimum atomic E-state index is -0.450. The molecule has 2 N–H and O–H groups in total. The Morgan fingerprint density at radius 3 is 2.80 bits per heavy atom. The summed E-state index contributed by atoms with van der Waals surface area (Å²) in [7, 11) is 1.66. The van der Waals surface area contributed by atoms with Gasteiger partial charge in [-0.3, -0.25) is 4.79 Å². The second kappa shape index (κ2) is 7.80. The highest BCUT2D eigenvalue weighted by Crippen LogP contribution is 2.31. The average molecular weight is 342 g/mol. The Hall–Kier alpha value is -2.18. The third-order valence-electron chi connectivity index (χ3n) is 4.97. The number of nitrogens with zero attached hydrogens (tertiary/aromatic N) is 2. The Labute approximate surface area is 148 Å². The minimum absolute atomic E-state index is 0.0682. The first kappa shape index (κ1) is 17.6. The number of para-hydroxylation sites is 1. The zero-order valence-corrected chi connectivity index (χ0v) is 14.9. The van der Waals surface area contributed by atoms with Crippen LogP contribution in [0.3, 0.4) is 0 Å². The van der Waals surface area contributed by atoms with Gasteiger partial charge in [0.15, 0.2) is 0 Å². The standard InChI is InChI=1S/C19H26N4O2/c1-15(16-6-3-4-7-17(16)23-13-5-10-21-23)22-18(24)19(14-25-2)8-11-20-12-9-19/h3-7,10,13,15,20H,8-9,11-12,14H2,1-2H3,(H,22,24). The lowest BCUT2D eigenvalue weighted by molar-refractivity contribution is -0.136. The monoisotopic (exact) mass is 342 g/mol. The van der Waals surface area contributed by atoms with Gasteiger partial charge in [0.1, 0.15) is 0 Å². The largest absolute Gasteiger partial charge is 0.384 e. The number of piperidine rings is 1. The molecule has 0 spiro atoms. The number of benzene rings is 1. The van der Waals surface area contributed by atoms with Gasteiger partial charge in [-0.2, -0.15) is 5.10 Å². The number of hydrogen-bond donors (Lipinski definition) is 2. The van der Waals surface area contributed by atoms with E-state index in [-0.39, 0.29) is 11.9 Å². The SMILES string of the molecule is COCC1(C(=O)NC(C)c2ccccc2-n2cccn2)CCNCC1. The molecule has 0 saturated carbocycles. The van der Waals surface area contributed by atoms with E-state index in [4.69, 9.17) is 4.74 Å². The third-order valence-corrected chi connectivity index (χ3v) is 4.97. The highest BCUT2D eigenvalue weighted by atomic mass is 16.5. The van der Waals surface area contributed by atoms with Crippen molar-refractivity contribution < 1.29 is 9.53 Å². The van der Waals surface area contributed by atoms with Crippen molar-refractivity contribution in [1.82, 2.24) is 20.4 Å². The van der Waals surface area contributed by atoms with E-state index in [1.165, 1.54) is 0 Å². The molecule has 1 aromatic heterocycles. The Morgan fingerprint density at radius 1 is 1.36 bits per heavy atom. The number of nitrogens with one attached hydrogen (secondary N) is 2. The van der Waals surface area contributed by atoms with Crippen molar-refractivity contribution in [1.29, 1.82) is 0 Å². The number of amides is 1. The topological polar surface area (TPSA) is 68.2 Å². The van der Waals surface area contributed by atoms with Crippen LogP contribution in [0.25, 0.3) is 5.69 Å². The Bertz CT molecular complexity index is 688. The molecule has 3 rings (SSSR count). The van der Waals surface area contributed by atoms with Gasteiger partial charge in [-0.1, -0.05) is 18.2 Å². The zero-order valence-electron chi connectivity index (χ0n) is 14.9. The van der Waals surface area contributed by atoms with E-state index in [0.29, 0.717) is 6.61 Å². The number of methoxy groups -OCH3 is 1. The zero-order chi connectivity index (χ0) is 17.7. The lowest BCUT2D eigenvalue weighted by Gasteiger charge is -2.36. The molecule has 0 radical (unpaired) electrons. The number of hydrogen-bond acceptors (Lipinski definition) is 4. The number of rotatable bonds is 6. The summed E-state index contributed by atoms with van der Waals surface area (Å²) < 4.78 is 7.20. The number of aromatic nitrogens is 2. The molecule has 1 aliphatic rings. The van der Waals surface area contributed by atoms with Crippen molar-refractivity contribution in [3.05, 3.63) is 48.3 Å². The maximum absolute atomic E-state index is 13.1. The van der Waals surface area contributed by atoms with Gasteiger partial charge < -0.3 is 15.4 Å². The molecule has 0 aliphatic carbocycles. The van der Waals surface area contributed by atoms with E-state index in [9.17, 15) is 4.79 Å². The predicted octanol–water partition coefficient (Wildman–Crippen LogP) is 2.07. The number of ether oxygens (including phenoxy) is 1. The molecule has 2 heterocycles. The van der Waals surface area contributed by atoms with Gasteiger partial charge in [-0.15, -0.1) is 0 Å². The number of carbonyl (C=O) groups is 1. The summed E-state index contributed by atoms with van der Waals surface area (Å²) in [4.78, 5) is 13.1. The van der Waals surface area contributed by atoms with Crippen LogP contribution in [-0.4, -0.2) is 42.5 Å². The van der Waals surface area contributed by atoms with E-state index in [1.54, 1.807) is 13.3 Å². The summed E-state index contributed by atoms with van der Waals surface area (Å²) in [6.45, 7) is 4.15. The van der Waals surface area contributed by atoms with Crippen molar-refractivity contribution in [2.75, 3.05) is 26.8 Å². The van der Waals surface area contributed by atoms with Crippen LogP contribution < -0.4 is 10.6 Å². The van der Waals surface area contributed by atoms with E-state index >= 15 is 0 Å². The van der Waals surface area contributed by atoms with Gasteiger partial charge in [-0.05, 0) is 50.6 Å². The maximum Gasteiger partial charge on any atom is 0.229 e. The fourth-order valence-electron chi connectivity index (χ4n) is 3.52. The van der Waals surface area contributed by atoms with Gasteiger partial charge in [0.2, 0.25) is 5.91 Å². The second-order valence-electron chi connectivity index (χ2n) is 6.67. The fourth-order valence-corrected chi connectivity index (χ4v) is 3.52. The molecule has 25 heavy (non-hydrogen) atoms. The summed E-state index contributed by atoms with van der Waals surface area (Å²) in [5, 5.41) is 10.8. The second-order valence-corrected chi connectivity index (χ2v) is 6.67. The smallest absolute Gasteiger partial charge is 0.229 e. The maximum atomic E-state index is 13.1. The van der Waals surface area contributed by atoms with E-state index in [2.05, 4.69) is 15.7 Å². The first-order valence-electron chi connectivity index (χ1n) is 8.76. The quantitative estimate of drug-likeness (QED) is 0.843. The lowest BCUT2D eigenvalue weighted by Crippen LogP contribution is -2.50. The molecule has 6 heteroatoms. The third kappa shape index (κ3) is 3.75. The molecule has 1 aromatic carbocycles. The molecular weight excluding hydrogens is 316 g/mol. The summed E-state index contributed by atoms with van der Waals surface area (Å²) in [5.41, 5.74) is 1.57. The van der Waals surface area contributed by atoms with Crippen molar-refractivity contribution in [3.8, 4) is 5.69 Å². The lowest BCUT2D eigenvalue weighted by atomic mass is 9.78. The molecule has 1 fully saturated rings. The Morgan fingerprint density at radius 2 is 2.12 bits per heavy atom. The first-order chi connectivity index (χ1) is 12.2. The predicted molar refractivity (Wildman–Crippen MR) is 96.5 cm³/mol. The molecule has 1 aliphatic heterocycles. The average Bonchev–Trinajstić information content (AvgIpc) is 3.17. The molecule has 1 saturated heterocycles. The molecule has 6 nitrogen and oxygen atoms in total. The minimum Gasteiger partial charge on any atom is -0.384 e. The molecule has 1 amide bonds. The van der Waals surface area contributed by atoms with Crippen molar-refractivity contribution in [3.63, 3.8) is 0 Å².